The van der Waals surface area contributed by atoms with E-state index in [-0.39, 0.29) is 11.9 Å². The Morgan fingerprint density at radius 1 is 1.40 bits per heavy atom. The third kappa shape index (κ3) is 2.59. The summed E-state index contributed by atoms with van der Waals surface area (Å²) < 4.78 is 6.42. The van der Waals surface area contributed by atoms with E-state index in [1.165, 1.54) is 0 Å². The van der Waals surface area contributed by atoms with Crippen LogP contribution in [0.4, 0.5) is 0 Å². The number of carbonyl (C=O) groups excluding carboxylic acids is 1. The van der Waals surface area contributed by atoms with Crippen LogP contribution < -0.4 is 4.74 Å². The van der Waals surface area contributed by atoms with Crippen molar-refractivity contribution in [2.75, 3.05) is 0 Å². The van der Waals surface area contributed by atoms with Crippen molar-refractivity contribution in [1.29, 1.82) is 0 Å². The summed E-state index contributed by atoms with van der Waals surface area (Å²) in [5.41, 5.74) is 0.687. The van der Waals surface area contributed by atoms with Crippen molar-refractivity contribution in [3.05, 3.63) is 28.2 Å². The molecule has 1 aliphatic heterocycles. The number of Topliss-reactive ketones (excluding diaryl/α,β-unsaturated/α-hetero) is 1. The topological polar surface area (TPSA) is 26.3 Å². The monoisotopic (exact) mass is 270 g/mol. The van der Waals surface area contributed by atoms with Gasteiger partial charge in [-0.05, 0) is 35.0 Å². The Kier molecular flexibility index (Phi) is 4.33. The van der Waals surface area contributed by atoms with Gasteiger partial charge in [0.15, 0.2) is 5.78 Å². The number of halogens is 1. The van der Waals surface area contributed by atoms with Crippen molar-refractivity contribution in [2.45, 2.75) is 33.3 Å². The maximum absolute atomic E-state index is 11.5. The fraction of sp³-hybridized carbons (Fsp3) is 0.417. The SMILES string of the molecule is CC.CC1CC(=O)c2cccc(Br)c2O1. The van der Waals surface area contributed by atoms with Crippen LogP contribution in [-0.4, -0.2) is 11.9 Å². The first-order valence-electron chi connectivity index (χ1n) is 5.17. The molecule has 0 spiro atoms. The van der Waals surface area contributed by atoms with Gasteiger partial charge < -0.3 is 4.74 Å². The second kappa shape index (κ2) is 5.31. The van der Waals surface area contributed by atoms with Gasteiger partial charge in [-0.25, -0.2) is 0 Å². The van der Waals surface area contributed by atoms with Crippen molar-refractivity contribution in [2.24, 2.45) is 0 Å². The van der Waals surface area contributed by atoms with E-state index in [0.717, 1.165) is 4.47 Å². The largest absolute Gasteiger partial charge is 0.488 e. The summed E-state index contributed by atoms with van der Waals surface area (Å²) in [5.74, 6) is 0.848. The van der Waals surface area contributed by atoms with Crippen molar-refractivity contribution < 1.29 is 9.53 Å². The first-order valence-corrected chi connectivity index (χ1v) is 5.96. The number of hydrogen-bond acceptors (Lipinski definition) is 2. The lowest BCUT2D eigenvalue weighted by atomic mass is 10.0. The Balaban J connectivity index is 0.000000531. The standard InChI is InChI=1S/C10H9BrO2.C2H6/c1-6-5-9(12)7-3-2-4-8(11)10(7)13-6;1-2/h2-4,6H,5H2,1H3;1-2H3. The maximum atomic E-state index is 11.5. The van der Waals surface area contributed by atoms with Crippen LogP contribution in [0.25, 0.3) is 0 Å². The first-order chi connectivity index (χ1) is 7.18. The number of rotatable bonds is 0. The van der Waals surface area contributed by atoms with Gasteiger partial charge in [-0.15, -0.1) is 0 Å². The van der Waals surface area contributed by atoms with Crippen molar-refractivity contribution >= 4 is 21.7 Å². The van der Waals surface area contributed by atoms with E-state index in [0.29, 0.717) is 17.7 Å². The van der Waals surface area contributed by atoms with Crippen LogP contribution in [-0.2, 0) is 0 Å². The number of ether oxygens (including phenoxy) is 1. The molecular formula is C12H15BrO2. The van der Waals surface area contributed by atoms with Gasteiger partial charge in [0.1, 0.15) is 11.9 Å². The third-order valence-corrected chi connectivity index (χ3v) is 2.68. The van der Waals surface area contributed by atoms with Crippen LogP contribution in [0.2, 0.25) is 0 Å². The molecule has 0 saturated heterocycles. The van der Waals surface area contributed by atoms with Crippen molar-refractivity contribution in [3.63, 3.8) is 0 Å². The Hall–Kier alpha value is -0.830. The number of benzene rings is 1. The molecule has 0 N–H and O–H groups in total. The summed E-state index contributed by atoms with van der Waals surface area (Å²) in [7, 11) is 0. The van der Waals surface area contributed by atoms with E-state index >= 15 is 0 Å². The molecule has 82 valence electrons. The predicted octanol–water partition coefficient (Wildman–Crippen LogP) is 3.83. The minimum absolute atomic E-state index is 0.0151. The molecule has 15 heavy (non-hydrogen) atoms. The minimum Gasteiger partial charge on any atom is -0.488 e. The summed E-state index contributed by atoms with van der Waals surface area (Å²) in [5, 5.41) is 0. The van der Waals surface area contributed by atoms with Gasteiger partial charge >= 0.3 is 0 Å². The highest BCUT2D eigenvalue weighted by Crippen LogP contribution is 2.34. The summed E-state index contributed by atoms with van der Waals surface area (Å²) in [6.07, 6.45) is 0.461. The zero-order valence-corrected chi connectivity index (χ0v) is 10.8. The molecule has 1 heterocycles. The molecule has 1 unspecified atom stereocenters. The lowest BCUT2D eigenvalue weighted by Crippen LogP contribution is -2.24. The highest BCUT2D eigenvalue weighted by Gasteiger charge is 2.24. The van der Waals surface area contributed by atoms with Crippen LogP contribution in [0.5, 0.6) is 5.75 Å². The molecule has 0 aliphatic carbocycles. The molecule has 0 radical (unpaired) electrons. The zero-order chi connectivity index (χ0) is 11.4. The normalized spacial score (nSPS) is 18.4. The predicted molar refractivity (Wildman–Crippen MR) is 64.5 cm³/mol. The molecule has 2 rings (SSSR count). The second-order valence-electron chi connectivity index (χ2n) is 3.17. The van der Waals surface area contributed by atoms with Crippen LogP contribution in [0.3, 0.4) is 0 Å². The Labute approximate surface area is 98.8 Å². The maximum Gasteiger partial charge on any atom is 0.170 e. The Morgan fingerprint density at radius 3 is 2.73 bits per heavy atom. The Morgan fingerprint density at radius 2 is 2.07 bits per heavy atom. The minimum atomic E-state index is -0.0151. The number of carbonyl (C=O) groups is 1. The lowest BCUT2D eigenvalue weighted by molar-refractivity contribution is 0.0869. The quantitative estimate of drug-likeness (QED) is 0.716. The van der Waals surface area contributed by atoms with E-state index in [1.54, 1.807) is 6.07 Å². The summed E-state index contributed by atoms with van der Waals surface area (Å²) >= 11 is 3.36. The molecule has 3 heteroatoms. The Bertz CT molecular complexity index is 361. The van der Waals surface area contributed by atoms with Crippen molar-refractivity contribution in [3.8, 4) is 5.75 Å². The molecule has 1 aliphatic rings. The highest BCUT2D eigenvalue weighted by molar-refractivity contribution is 9.10. The van der Waals surface area contributed by atoms with Crippen LogP contribution in [0.1, 0.15) is 37.6 Å². The van der Waals surface area contributed by atoms with Crippen LogP contribution >= 0.6 is 15.9 Å². The number of hydrogen-bond donors (Lipinski definition) is 0. The van der Waals surface area contributed by atoms with Crippen LogP contribution in [0, 0.1) is 0 Å². The molecule has 0 bridgehead atoms. The van der Waals surface area contributed by atoms with Gasteiger partial charge in [0.25, 0.3) is 0 Å². The second-order valence-corrected chi connectivity index (χ2v) is 4.03. The molecule has 2 nitrogen and oxygen atoms in total. The van der Waals surface area contributed by atoms with Gasteiger partial charge in [0, 0.05) is 6.42 Å². The van der Waals surface area contributed by atoms with E-state index in [4.69, 9.17) is 4.74 Å². The fourth-order valence-electron chi connectivity index (χ4n) is 1.46. The van der Waals surface area contributed by atoms with E-state index < -0.39 is 0 Å². The van der Waals surface area contributed by atoms with Crippen LogP contribution in [0.15, 0.2) is 22.7 Å². The lowest BCUT2D eigenvalue weighted by Gasteiger charge is -2.22. The van der Waals surface area contributed by atoms with E-state index in [9.17, 15) is 4.79 Å². The van der Waals surface area contributed by atoms with Gasteiger partial charge in [-0.2, -0.15) is 0 Å². The fourth-order valence-corrected chi connectivity index (χ4v) is 1.92. The average molecular weight is 271 g/mol. The number of ketones is 1. The average Bonchev–Trinajstić information content (AvgIpc) is 2.23. The number of fused-ring (bicyclic) bond motifs is 1. The zero-order valence-electron chi connectivity index (χ0n) is 9.21. The first kappa shape index (κ1) is 12.2. The van der Waals surface area contributed by atoms with E-state index in [2.05, 4.69) is 15.9 Å². The molecule has 1 aromatic carbocycles. The van der Waals surface area contributed by atoms with Gasteiger partial charge in [0.05, 0.1) is 10.0 Å². The smallest absolute Gasteiger partial charge is 0.170 e. The molecular weight excluding hydrogens is 256 g/mol. The van der Waals surface area contributed by atoms with Gasteiger partial charge in [-0.3, -0.25) is 4.79 Å². The van der Waals surface area contributed by atoms with Gasteiger partial charge in [-0.1, -0.05) is 19.9 Å². The molecule has 0 amide bonds. The number of para-hydroxylation sites is 1. The summed E-state index contributed by atoms with van der Waals surface area (Å²) in [6.45, 7) is 5.90. The van der Waals surface area contributed by atoms with E-state index in [1.807, 2.05) is 32.9 Å². The summed E-state index contributed by atoms with van der Waals surface area (Å²) in [6, 6.07) is 5.53. The van der Waals surface area contributed by atoms with Crippen molar-refractivity contribution in [1.82, 2.24) is 0 Å². The molecule has 0 fully saturated rings. The molecule has 1 atom stereocenters. The molecule has 0 aromatic heterocycles. The highest BCUT2D eigenvalue weighted by atomic mass is 79.9. The molecule has 0 saturated carbocycles. The summed E-state index contributed by atoms with van der Waals surface area (Å²) in [4.78, 5) is 11.5. The van der Waals surface area contributed by atoms with Gasteiger partial charge in [0.2, 0.25) is 0 Å². The molecule has 1 aromatic rings. The third-order valence-electron chi connectivity index (χ3n) is 2.06.